The van der Waals surface area contributed by atoms with Gasteiger partial charge >= 0.3 is 11.8 Å². The van der Waals surface area contributed by atoms with Crippen LogP contribution in [0.25, 0.3) is 11.1 Å². The third-order valence-corrected chi connectivity index (χ3v) is 5.03. The number of carbonyl (C=O) groups excluding carboxylic acids is 1. The van der Waals surface area contributed by atoms with Gasteiger partial charge in [-0.15, -0.1) is 0 Å². The first-order valence-corrected chi connectivity index (χ1v) is 8.86. The van der Waals surface area contributed by atoms with Crippen LogP contribution in [0.3, 0.4) is 0 Å². The van der Waals surface area contributed by atoms with E-state index in [0.717, 1.165) is 12.8 Å². The van der Waals surface area contributed by atoms with E-state index in [0.29, 0.717) is 29.1 Å². The molecule has 1 fully saturated rings. The van der Waals surface area contributed by atoms with Crippen molar-refractivity contribution in [1.82, 2.24) is 9.88 Å². The highest BCUT2D eigenvalue weighted by molar-refractivity contribution is 5.91. The van der Waals surface area contributed by atoms with Crippen molar-refractivity contribution in [2.75, 3.05) is 11.9 Å². The van der Waals surface area contributed by atoms with Crippen LogP contribution in [0.5, 0.6) is 0 Å². The number of aryl methyl sites for hydroxylation is 1. The number of nitrogens with zero attached hydrogens (tertiary/aromatic N) is 1. The van der Waals surface area contributed by atoms with E-state index in [-0.39, 0.29) is 18.7 Å². The highest BCUT2D eigenvalue weighted by Gasteiger charge is 2.24. The molecule has 1 aliphatic carbocycles. The molecule has 1 aliphatic rings. The molecular formula is C18H25N3O4. The molecule has 7 nitrogen and oxygen atoms in total. The lowest BCUT2D eigenvalue weighted by Crippen LogP contribution is -2.43. The third kappa shape index (κ3) is 4.04. The molecule has 0 spiro atoms. The topological polar surface area (TPSA) is 96.5 Å². The summed E-state index contributed by atoms with van der Waals surface area (Å²) < 4.78 is 6.55. The van der Waals surface area contributed by atoms with Crippen LogP contribution in [-0.4, -0.2) is 28.4 Å². The SMILES string of the molecule is Cn1c(=O)oc2cc(NC(=O)NC(CCO)C3CCCCC3)ccc21. The van der Waals surface area contributed by atoms with E-state index in [1.54, 1.807) is 25.2 Å². The van der Waals surface area contributed by atoms with E-state index in [9.17, 15) is 14.7 Å². The number of nitrogens with one attached hydrogen (secondary N) is 2. The fourth-order valence-corrected chi connectivity index (χ4v) is 3.65. The molecule has 3 rings (SSSR count). The smallest absolute Gasteiger partial charge is 0.408 e. The van der Waals surface area contributed by atoms with Crippen molar-refractivity contribution in [3.8, 4) is 0 Å². The van der Waals surface area contributed by atoms with Gasteiger partial charge in [0, 0.05) is 31.5 Å². The van der Waals surface area contributed by atoms with Crippen LogP contribution in [0.2, 0.25) is 0 Å². The van der Waals surface area contributed by atoms with Crippen LogP contribution in [0.4, 0.5) is 10.5 Å². The van der Waals surface area contributed by atoms with Crippen molar-refractivity contribution >= 4 is 22.8 Å². The monoisotopic (exact) mass is 347 g/mol. The average Bonchev–Trinajstić information content (AvgIpc) is 2.89. The molecule has 1 unspecified atom stereocenters. The van der Waals surface area contributed by atoms with Crippen molar-refractivity contribution in [1.29, 1.82) is 0 Å². The summed E-state index contributed by atoms with van der Waals surface area (Å²) in [6.45, 7) is 0.0581. The molecule has 1 aromatic heterocycles. The molecule has 2 amide bonds. The number of oxazole rings is 1. The lowest BCUT2D eigenvalue weighted by Gasteiger charge is -2.30. The Bertz CT molecular complexity index is 789. The normalized spacial score (nSPS) is 16.7. The predicted molar refractivity (Wildman–Crippen MR) is 95.7 cm³/mol. The third-order valence-electron chi connectivity index (χ3n) is 5.03. The van der Waals surface area contributed by atoms with Gasteiger partial charge in [0.25, 0.3) is 0 Å². The Morgan fingerprint density at radius 3 is 2.84 bits per heavy atom. The summed E-state index contributed by atoms with van der Waals surface area (Å²) in [4.78, 5) is 23.9. The van der Waals surface area contributed by atoms with E-state index < -0.39 is 5.76 Å². The van der Waals surface area contributed by atoms with Crippen LogP contribution in [0.15, 0.2) is 27.4 Å². The van der Waals surface area contributed by atoms with E-state index in [1.807, 2.05) is 0 Å². The number of benzene rings is 1. The number of urea groups is 1. The van der Waals surface area contributed by atoms with E-state index >= 15 is 0 Å². The number of hydrogen-bond donors (Lipinski definition) is 3. The fourth-order valence-electron chi connectivity index (χ4n) is 3.65. The zero-order valence-electron chi connectivity index (χ0n) is 14.5. The molecule has 0 aliphatic heterocycles. The number of carbonyl (C=O) groups is 1. The Morgan fingerprint density at radius 1 is 1.36 bits per heavy atom. The Morgan fingerprint density at radius 2 is 2.12 bits per heavy atom. The van der Waals surface area contributed by atoms with Crippen molar-refractivity contribution in [2.45, 2.75) is 44.6 Å². The Hall–Kier alpha value is -2.28. The number of anilines is 1. The molecule has 0 bridgehead atoms. The molecule has 1 heterocycles. The van der Waals surface area contributed by atoms with Gasteiger partial charge in [-0.1, -0.05) is 19.3 Å². The second-order valence-corrected chi connectivity index (χ2v) is 6.72. The average molecular weight is 347 g/mol. The molecule has 2 aromatic rings. The summed E-state index contributed by atoms with van der Waals surface area (Å²) in [5, 5.41) is 15.1. The van der Waals surface area contributed by atoms with Gasteiger partial charge in [-0.2, -0.15) is 0 Å². The molecule has 1 aromatic carbocycles. The highest BCUT2D eigenvalue weighted by Crippen LogP contribution is 2.28. The summed E-state index contributed by atoms with van der Waals surface area (Å²) in [6, 6.07) is 4.78. The van der Waals surface area contributed by atoms with Gasteiger partial charge in [0.15, 0.2) is 5.58 Å². The lowest BCUT2D eigenvalue weighted by atomic mass is 9.83. The molecule has 25 heavy (non-hydrogen) atoms. The highest BCUT2D eigenvalue weighted by atomic mass is 16.4. The minimum Gasteiger partial charge on any atom is -0.408 e. The Kier molecular flexibility index (Phi) is 5.43. The number of amides is 2. The minimum atomic E-state index is -0.433. The van der Waals surface area contributed by atoms with Gasteiger partial charge in [0.2, 0.25) is 0 Å². The Balaban J connectivity index is 1.66. The molecule has 1 saturated carbocycles. The maximum Gasteiger partial charge on any atom is 0.419 e. The summed E-state index contributed by atoms with van der Waals surface area (Å²) >= 11 is 0. The number of aliphatic hydroxyl groups excluding tert-OH is 1. The largest absolute Gasteiger partial charge is 0.419 e. The first-order chi connectivity index (χ1) is 12.1. The zero-order valence-corrected chi connectivity index (χ0v) is 14.5. The number of aliphatic hydroxyl groups is 1. The van der Waals surface area contributed by atoms with Gasteiger partial charge in [-0.05, 0) is 37.3 Å². The summed E-state index contributed by atoms with van der Waals surface area (Å²) in [5.74, 6) is -0.0156. The van der Waals surface area contributed by atoms with Gasteiger partial charge < -0.3 is 20.2 Å². The van der Waals surface area contributed by atoms with Crippen molar-refractivity contribution in [3.63, 3.8) is 0 Å². The van der Waals surface area contributed by atoms with E-state index in [4.69, 9.17) is 4.42 Å². The molecule has 1 atom stereocenters. The van der Waals surface area contributed by atoms with Gasteiger partial charge in [0.1, 0.15) is 0 Å². The van der Waals surface area contributed by atoms with Crippen LogP contribution < -0.4 is 16.4 Å². The first kappa shape index (κ1) is 17.5. The van der Waals surface area contributed by atoms with Crippen molar-refractivity contribution in [2.24, 2.45) is 13.0 Å². The van der Waals surface area contributed by atoms with E-state index in [2.05, 4.69) is 10.6 Å². The van der Waals surface area contributed by atoms with Crippen molar-refractivity contribution < 1.29 is 14.3 Å². The van der Waals surface area contributed by atoms with Crippen molar-refractivity contribution in [3.05, 3.63) is 28.7 Å². The standard InChI is InChI=1S/C18H25N3O4/c1-21-15-8-7-13(11-16(15)25-18(21)24)19-17(23)20-14(9-10-22)12-5-3-2-4-6-12/h7-8,11-12,14,22H,2-6,9-10H2,1H3,(H2,19,20,23). The minimum absolute atomic E-state index is 0.0244. The molecule has 136 valence electrons. The fraction of sp³-hybridized carbons (Fsp3) is 0.556. The number of aromatic nitrogens is 1. The number of fused-ring (bicyclic) bond motifs is 1. The maximum absolute atomic E-state index is 12.3. The first-order valence-electron chi connectivity index (χ1n) is 8.86. The van der Waals surface area contributed by atoms with Gasteiger partial charge in [-0.25, -0.2) is 9.59 Å². The molecular weight excluding hydrogens is 322 g/mol. The Labute approximate surface area is 146 Å². The lowest BCUT2D eigenvalue weighted by molar-refractivity contribution is 0.202. The predicted octanol–water partition coefficient (Wildman–Crippen LogP) is 2.58. The van der Waals surface area contributed by atoms with E-state index in [1.165, 1.54) is 23.8 Å². The molecule has 0 radical (unpaired) electrons. The number of hydrogen-bond acceptors (Lipinski definition) is 4. The molecule has 7 heteroatoms. The number of rotatable bonds is 5. The van der Waals surface area contributed by atoms with Gasteiger partial charge in [0.05, 0.1) is 5.52 Å². The van der Waals surface area contributed by atoms with Crippen LogP contribution in [-0.2, 0) is 7.05 Å². The van der Waals surface area contributed by atoms with Crippen LogP contribution >= 0.6 is 0 Å². The zero-order chi connectivity index (χ0) is 17.8. The van der Waals surface area contributed by atoms with Crippen LogP contribution in [0, 0.1) is 5.92 Å². The second-order valence-electron chi connectivity index (χ2n) is 6.72. The quantitative estimate of drug-likeness (QED) is 0.774. The second kappa shape index (κ2) is 7.74. The van der Waals surface area contributed by atoms with Gasteiger partial charge in [-0.3, -0.25) is 4.57 Å². The molecule has 0 saturated heterocycles. The summed E-state index contributed by atoms with van der Waals surface area (Å²) in [6.07, 6.45) is 6.35. The maximum atomic E-state index is 12.3. The summed E-state index contributed by atoms with van der Waals surface area (Å²) in [7, 11) is 1.64. The summed E-state index contributed by atoms with van der Waals surface area (Å²) in [5.41, 5.74) is 1.67. The molecule has 3 N–H and O–H groups in total. The van der Waals surface area contributed by atoms with Crippen LogP contribution in [0.1, 0.15) is 38.5 Å².